The summed E-state index contributed by atoms with van der Waals surface area (Å²) in [7, 11) is 0. The van der Waals surface area contributed by atoms with Crippen LogP contribution in [0.25, 0.3) is 11.0 Å². The van der Waals surface area contributed by atoms with E-state index in [0.717, 1.165) is 36.2 Å². The second kappa shape index (κ2) is 8.59. The van der Waals surface area contributed by atoms with Crippen molar-refractivity contribution in [2.45, 2.75) is 60.4 Å². The first-order valence-corrected chi connectivity index (χ1v) is 10.2. The summed E-state index contributed by atoms with van der Waals surface area (Å²) in [4.78, 5) is 16.7. The fraction of sp³-hybridized carbons (Fsp3) is 0.417. The lowest BCUT2D eigenvalue weighted by Crippen LogP contribution is -2.26. The standard InChI is InChI=1S/C24H31N3O/c1-6-9-24(28)25-13-12-23-26-21-10-7-8-11-22(21)27(23)15-20-18(4)16(2)14-17(3)19(20)5/h7-8,10-11,14H,6,9,12-13,15H2,1-5H3,(H,25,28). The van der Waals surface area contributed by atoms with Gasteiger partial charge in [0.15, 0.2) is 0 Å². The number of hydrogen-bond acceptors (Lipinski definition) is 2. The normalized spacial score (nSPS) is 11.2. The Bertz CT molecular complexity index is 974. The van der Waals surface area contributed by atoms with Crippen LogP contribution in [-0.2, 0) is 17.8 Å². The lowest BCUT2D eigenvalue weighted by atomic mass is 9.94. The van der Waals surface area contributed by atoms with Gasteiger partial charge in [0, 0.05) is 25.9 Å². The number of aryl methyl sites for hydroxylation is 2. The van der Waals surface area contributed by atoms with E-state index in [2.05, 4.69) is 61.8 Å². The number of rotatable bonds is 7. The van der Waals surface area contributed by atoms with Gasteiger partial charge in [-0.2, -0.15) is 0 Å². The average Bonchev–Trinajstić information content (AvgIpc) is 3.01. The molecule has 0 saturated carbocycles. The molecule has 28 heavy (non-hydrogen) atoms. The van der Waals surface area contributed by atoms with Crippen LogP contribution in [0.15, 0.2) is 30.3 Å². The van der Waals surface area contributed by atoms with Gasteiger partial charge in [-0.05, 0) is 74.1 Å². The highest BCUT2D eigenvalue weighted by Crippen LogP contribution is 2.25. The summed E-state index contributed by atoms with van der Waals surface area (Å²) in [6.07, 6.45) is 2.18. The highest BCUT2D eigenvalue weighted by molar-refractivity contribution is 5.77. The first-order valence-electron chi connectivity index (χ1n) is 10.2. The fourth-order valence-corrected chi connectivity index (χ4v) is 3.82. The quantitative estimate of drug-likeness (QED) is 0.644. The lowest BCUT2D eigenvalue weighted by Gasteiger charge is -2.18. The van der Waals surface area contributed by atoms with Gasteiger partial charge in [0.1, 0.15) is 5.82 Å². The van der Waals surface area contributed by atoms with Gasteiger partial charge in [-0.25, -0.2) is 4.98 Å². The van der Waals surface area contributed by atoms with Crippen LogP contribution in [0.1, 0.15) is 53.4 Å². The van der Waals surface area contributed by atoms with Crippen molar-refractivity contribution < 1.29 is 4.79 Å². The fourth-order valence-electron chi connectivity index (χ4n) is 3.82. The number of amides is 1. The van der Waals surface area contributed by atoms with Gasteiger partial charge in [-0.1, -0.05) is 25.1 Å². The van der Waals surface area contributed by atoms with E-state index >= 15 is 0 Å². The third kappa shape index (κ3) is 4.11. The molecule has 0 unspecified atom stereocenters. The SMILES string of the molecule is CCCC(=O)NCCc1nc2ccccc2n1Cc1c(C)c(C)cc(C)c1C. The molecule has 1 N–H and O–H groups in total. The zero-order valence-electron chi connectivity index (χ0n) is 17.7. The number of nitrogens with one attached hydrogen (secondary N) is 1. The monoisotopic (exact) mass is 377 g/mol. The van der Waals surface area contributed by atoms with Gasteiger partial charge in [0.25, 0.3) is 0 Å². The number of imidazole rings is 1. The average molecular weight is 378 g/mol. The van der Waals surface area contributed by atoms with Gasteiger partial charge >= 0.3 is 0 Å². The number of para-hydroxylation sites is 2. The minimum atomic E-state index is 0.117. The molecule has 0 aliphatic heterocycles. The van der Waals surface area contributed by atoms with Gasteiger partial charge in [0.2, 0.25) is 5.91 Å². The highest BCUT2D eigenvalue weighted by atomic mass is 16.1. The third-order valence-corrected chi connectivity index (χ3v) is 5.72. The van der Waals surface area contributed by atoms with Gasteiger partial charge < -0.3 is 9.88 Å². The maximum Gasteiger partial charge on any atom is 0.219 e. The number of fused-ring (bicyclic) bond motifs is 1. The molecule has 1 aromatic heterocycles. The Kier molecular flexibility index (Phi) is 6.18. The van der Waals surface area contributed by atoms with E-state index in [4.69, 9.17) is 4.98 Å². The van der Waals surface area contributed by atoms with E-state index in [1.165, 1.54) is 27.8 Å². The topological polar surface area (TPSA) is 46.9 Å². The maximum absolute atomic E-state index is 11.8. The Labute approximate surface area is 168 Å². The lowest BCUT2D eigenvalue weighted by molar-refractivity contribution is -0.121. The molecule has 1 heterocycles. The summed E-state index contributed by atoms with van der Waals surface area (Å²) < 4.78 is 2.32. The molecular weight excluding hydrogens is 346 g/mol. The van der Waals surface area contributed by atoms with Crippen LogP contribution >= 0.6 is 0 Å². The van der Waals surface area contributed by atoms with Crippen molar-refractivity contribution in [1.29, 1.82) is 0 Å². The first kappa shape index (κ1) is 20.1. The van der Waals surface area contributed by atoms with Crippen molar-refractivity contribution in [3.8, 4) is 0 Å². The molecule has 2 aromatic carbocycles. The molecule has 0 aliphatic carbocycles. The van der Waals surface area contributed by atoms with Crippen molar-refractivity contribution in [2.24, 2.45) is 0 Å². The van der Waals surface area contributed by atoms with Crippen molar-refractivity contribution in [2.75, 3.05) is 6.54 Å². The van der Waals surface area contributed by atoms with E-state index < -0.39 is 0 Å². The Morgan fingerprint density at radius 1 is 1.07 bits per heavy atom. The molecule has 3 aromatic rings. The molecule has 148 valence electrons. The number of carbonyl (C=O) groups is 1. The van der Waals surface area contributed by atoms with Gasteiger partial charge in [0.05, 0.1) is 11.0 Å². The minimum absolute atomic E-state index is 0.117. The molecule has 0 radical (unpaired) electrons. The van der Waals surface area contributed by atoms with E-state index in [1.54, 1.807) is 0 Å². The summed E-state index contributed by atoms with van der Waals surface area (Å²) >= 11 is 0. The van der Waals surface area contributed by atoms with E-state index in [9.17, 15) is 4.79 Å². The Balaban J connectivity index is 1.95. The third-order valence-electron chi connectivity index (χ3n) is 5.72. The van der Waals surface area contributed by atoms with E-state index in [-0.39, 0.29) is 5.91 Å². The molecule has 4 nitrogen and oxygen atoms in total. The molecule has 0 spiro atoms. The molecule has 0 bridgehead atoms. The van der Waals surface area contributed by atoms with Crippen molar-refractivity contribution in [3.63, 3.8) is 0 Å². The van der Waals surface area contributed by atoms with Gasteiger partial charge in [-0.3, -0.25) is 4.79 Å². The van der Waals surface area contributed by atoms with E-state index in [0.29, 0.717) is 13.0 Å². The summed E-state index contributed by atoms with van der Waals surface area (Å²) in [6.45, 7) is 12.2. The van der Waals surface area contributed by atoms with Gasteiger partial charge in [-0.15, -0.1) is 0 Å². The molecule has 0 aliphatic rings. The van der Waals surface area contributed by atoms with Crippen LogP contribution in [0.3, 0.4) is 0 Å². The van der Waals surface area contributed by atoms with Crippen molar-refractivity contribution in [3.05, 3.63) is 64.0 Å². The summed E-state index contributed by atoms with van der Waals surface area (Å²) in [5.74, 6) is 1.14. The smallest absolute Gasteiger partial charge is 0.219 e. The zero-order valence-corrected chi connectivity index (χ0v) is 17.7. The molecule has 1 amide bonds. The number of benzene rings is 2. The summed E-state index contributed by atoms with van der Waals surface area (Å²) in [5.41, 5.74) is 8.89. The largest absolute Gasteiger partial charge is 0.356 e. The number of aromatic nitrogens is 2. The molecule has 3 rings (SSSR count). The molecule has 0 atom stereocenters. The Morgan fingerprint density at radius 2 is 1.75 bits per heavy atom. The van der Waals surface area contributed by atoms with Crippen molar-refractivity contribution >= 4 is 16.9 Å². The Morgan fingerprint density at radius 3 is 2.43 bits per heavy atom. The highest BCUT2D eigenvalue weighted by Gasteiger charge is 2.15. The molecule has 0 saturated heterocycles. The minimum Gasteiger partial charge on any atom is -0.356 e. The molecule has 4 heteroatoms. The van der Waals surface area contributed by atoms with Crippen LogP contribution < -0.4 is 5.32 Å². The van der Waals surface area contributed by atoms with Crippen LogP contribution in [-0.4, -0.2) is 22.0 Å². The van der Waals surface area contributed by atoms with Crippen LogP contribution in [0.2, 0.25) is 0 Å². The van der Waals surface area contributed by atoms with Crippen LogP contribution in [0.4, 0.5) is 0 Å². The predicted molar refractivity (Wildman–Crippen MR) is 116 cm³/mol. The van der Waals surface area contributed by atoms with Crippen LogP contribution in [0, 0.1) is 27.7 Å². The number of hydrogen-bond donors (Lipinski definition) is 1. The first-order chi connectivity index (χ1) is 13.4. The molecule has 0 fully saturated rings. The summed E-state index contributed by atoms with van der Waals surface area (Å²) in [5, 5.41) is 3.02. The Hall–Kier alpha value is -2.62. The maximum atomic E-state index is 11.8. The number of nitrogens with zero attached hydrogens (tertiary/aromatic N) is 2. The predicted octanol–water partition coefficient (Wildman–Crippen LogP) is 4.78. The number of carbonyl (C=O) groups excluding carboxylic acids is 1. The van der Waals surface area contributed by atoms with Crippen molar-refractivity contribution in [1.82, 2.24) is 14.9 Å². The summed E-state index contributed by atoms with van der Waals surface area (Å²) in [6, 6.07) is 10.6. The molecular formula is C24H31N3O. The zero-order chi connectivity index (χ0) is 20.3. The van der Waals surface area contributed by atoms with E-state index in [1.807, 2.05) is 13.0 Å². The van der Waals surface area contributed by atoms with Crippen LogP contribution in [0.5, 0.6) is 0 Å². The second-order valence-corrected chi connectivity index (χ2v) is 7.69. The second-order valence-electron chi connectivity index (χ2n) is 7.69.